The highest BCUT2D eigenvalue weighted by atomic mass is 35.5. The van der Waals surface area contributed by atoms with Crippen LogP contribution in [0.15, 0.2) is 24.4 Å². The molecule has 2 aromatic rings. The number of nitro groups is 1. The van der Waals surface area contributed by atoms with Gasteiger partial charge in [-0.25, -0.2) is 4.98 Å². The average Bonchev–Trinajstić information content (AvgIpc) is 2.94. The van der Waals surface area contributed by atoms with Crippen molar-refractivity contribution in [3.05, 3.63) is 55.0 Å². The Balaban J connectivity index is 2.11. The second kappa shape index (κ2) is 6.98. The lowest BCUT2D eigenvalue weighted by atomic mass is 10.1. The topological polar surface area (TPSA) is 68.1 Å². The molecule has 0 aliphatic rings. The summed E-state index contributed by atoms with van der Waals surface area (Å²) >= 11 is 7.72. The Hall–Kier alpha value is -1.50. The molecule has 0 radical (unpaired) electrons. The molecule has 0 amide bonds. The number of nitrogens with zero attached hydrogens (tertiary/aromatic N) is 2. The van der Waals surface area contributed by atoms with Gasteiger partial charge < -0.3 is 5.32 Å². The minimum Gasteiger partial charge on any atom is -0.304 e. The second-order valence-electron chi connectivity index (χ2n) is 4.62. The molecule has 0 saturated heterocycles. The summed E-state index contributed by atoms with van der Waals surface area (Å²) in [6.45, 7) is 4.40. The Labute approximate surface area is 132 Å². The van der Waals surface area contributed by atoms with Crippen molar-refractivity contribution in [1.29, 1.82) is 0 Å². The first-order chi connectivity index (χ1) is 10.0. The highest BCUT2D eigenvalue weighted by molar-refractivity contribution is 7.11. The number of benzene rings is 1. The van der Waals surface area contributed by atoms with E-state index in [1.54, 1.807) is 23.5 Å². The van der Waals surface area contributed by atoms with Crippen LogP contribution in [0.5, 0.6) is 0 Å². The highest BCUT2D eigenvalue weighted by Crippen LogP contribution is 2.27. The minimum absolute atomic E-state index is 0.0196. The molecule has 21 heavy (non-hydrogen) atoms. The van der Waals surface area contributed by atoms with Crippen LogP contribution in [0.2, 0.25) is 5.02 Å². The number of rotatable bonds is 6. The van der Waals surface area contributed by atoms with Crippen molar-refractivity contribution < 1.29 is 4.92 Å². The van der Waals surface area contributed by atoms with Gasteiger partial charge in [0.05, 0.1) is 21.6 Å². The van der Waals surface area contributed by atoms with Gasteiger partial charge in [-0.1, -0.05) is 24.6 Å². The summed E-state index contributed by atoms with van der Waals surface area (Å²) in [5.41, 5.74) is 0.541. The lowest BCUT2D eigenvalue weighted by Crippen LogP contribution is -2.18. The van der Waals surface area contributed by atoms with Gasteiger partial charge in [0.15, 0.2) is 0 Å². The van der Waals surface area contributed by atoms with Gasteiger partial charge in [0.1, 0.15) is 5.01 Å². The minimum atomic E-state index is -0.411. The molecule has 0 saturated carbocycles. The van der Waals surface area contributed by atoms with E-state index in [0.717, 1.165) is 11.4 Å². The first kappa shape index (κ1) is 15.9. The fourth-order valence-corrected chi connectivity index (χ4v) is 3.04. The van der Waals surface area contributed by atoms with E-state index in [-0.39, 0.29) is 11.7 Å². The normalized spacial score (nSPS) is 12.3. The van der Waals surface area contributed by atoms with Crippen LogP contribution in [0.25, 0.3) is 0 Å². The fourth-order valence-electron chi connectivity index (χ4n) is 1.92. The molecular formula is C14H16ClN3O2S. The predicted molar refractivity (Wildman–Crippen MR) is 84.9 cm³/mol. The molecule has 0 fully saturated rings. The summed E-state index contributed by atoms with van der Waals surface area (Å²) in [5, 5.41) is 15.7. The van der Waals surface area contributed by atoms with Gasteiger partial charge in [0, 0.05) is 23.7 Å². The van der Waals surface area contributed by atoms with Gasteiger partial charge in [-0.15, -0.1) is 11.3 Å². The van der Waals surface area contributed by atoms with E-state index in [4.69, 9.17) is 11.6 Å². The van der Waals surface area contributed by atoms with Gasteiger partial charge in [-0.05, 0) is 19.4 Å². The van der Waals surface area contributed by atoms with E-state index < -0.39 is 4.92 Å². The average molecular weight is 326 g/mol. The summed E-state index contributed by atoms with van der Waals surface area (Å²) in [4.78, 5) is 16.2. The predicted octanol–water partition coefficient (Wildman–Crippen LogP) is 4.12. The van der Waals surface area contributed by atoms with E-state index in [1.807, 2.05) is 13.1 Å². The van der Waals surface area contributed by atoms with Crippen LogP contribution in [0, 0.1) is 10.1 Å². The van der Waals surface area contributed by atoms with E-state index in [2.05, 4.69) is 17.2 Å². The number of thiazole rings is 1. The monoisotopic (exact) mass is 325 g/mol. The number of hydrogen-bond donors (Lipinski definition) is 1. The highest BCUT2D eigenvalue weighted by Gasteiger charge is 2.18. The maximum Gasteiger partial charge on any atom is 0.275 e. The summed E-state index contributed by atoms with van der Waals surface area (Å²) in [7, 11) is 0. The maximum absolute atomic E-state index is 11.0. The Kier molecular flexibility index (Phi) is 5.27. The summed E-state index contributed by atoms with van der Waals surface area (Å²) in [6, 6.07) is 4.73. The van der Waals surface area contributed by atoms with Crippen molar-refractivity contribution in [2.24, 2.45) is 0 Å². The number of halogens is 1. The Morgan fingerprint density at radius 2 is 2.29 bits per heavy atom. The molecule has 5 nitrogen and oxygen atoms in total. The molecular weight excluding hydrogens is 310 g/mol. The summed E-state index contributed by atoms with van der Waals surface area (Å²) in [5.74, 6) is 0. The number of aryl methyl sites for hydroxylation is 1. The molecule has 7 heteroatoms. The van der Waals surface area contributed by atoms with E-state index >= 15 is 0 Å². The maximum atomic E-state index is 11.0. The van der Waals surface area contributed by atoms with Gasteiger partial charge in [-0.3, -0.25) is 10.1 Å². The molecule has 0 spiro atoms. The summed E-state index contributed by atoms with van der Waals surface area (Å²) < 4.78 is 0. The zero-order chi connectivity index (χ0) is 15.4. The van der Waals surface area contributed by atoms with Crippen molar-refractivity contribution in [2.45, 2.75) is 32.9 Å². The number of nitrogens with one attached hydrogen (secondary N) is 1. The van der Waals surface area contributed by atoms with E-state index in [1.165, 1.54) is 10.9 Å². The molecule has 0 aliphatic carbocycles. The molecule has 0 aliphatic heterocycles. The number of nitro benzene ring substituents is 1. The zero-order valence-corrected chi connectivity index (χ0v) is 13.4. The molecule has 112 valence electrons. The van der Waals surface area contributed by atoms with Crippen molar-refractivity contribution in [2.75, 3.05) is 0 Å². The Bertz CT molecular complexity index is 645. The van der Waals surface area contributed by atoms with Gasteiger partial charge in [-0.2, -0.15) is 0 Å². The van der Waals surface area contributed by atoms with Gasteiger partial charge in [0.25, 0.3) is 5.69 Å². The molecule has 1 N–H and O–H groups in total. The van der Waals surface area contributed by atoms with Crippen molar-refractivity contribution in [1.82, 2.24) is 10.3 Å². The Morgan fingerprint density at radius 1 is 1.52 bits per heavy atom. The van der Waals surface area contributed by atoms with Crippen LogP contribution in [0.3, 0.4) is 0 Å². The van der Waals surface area contributed by atoms with Crippen LogP contribution in [0.1, 0.15) is 35.3 Å². The smallest absolute Gasteiger partial charge is 0.275 e. The molecule has 1 aromatic carbocycles. The third-order valence-corrected chi connectivity index (χ3v) is 4.84. The molecule has 1 atom stereocenters. The molecule has 1 aromatic heterocycles. The van der Waals surface area contributed by atoms with E-state index in [9.17, 15) is 10.1 Å². The van der Waals surface area contributed by atoms with Crippen LogP contribution < -0.4 is 5.32 Å². The van der Waals surface area contributed by atoms with Crippen LogP contribution in [-0.4, -0.2) is 9.91 Å². The number of hydrogen-bond acceptors (Lipinski definition) is 5. The zero-order valence-electron chi connectivity index (χ0n) is 11.8. The lowest BCUT2D eigenvalue weighted by Gasteiger charge is -2.12. The molecule has 1 heterocycles. The number of aromatic nitrogens is 1. The van der Waals surface area contributed by atoms with Gasteiger partial charge in [0.2, 0.25) is 0 Å². The van der Waals surface area contributed by atoms with E-state index in [0.29, 0.717) is 17.1 Å². The standard InChI is InChI=1S/C14H16ClN3O2S/c1-3-10-7-17-14(21-10)9(2)16-8-11-12(15)5-4-6-13(11)18(19)20/h4-7,9,16H,3,8H2,1-2H3. The van der Waals surface area contributed by atoms with Crippen LogP contribution in [-0.2, 0) is 13.0 Å². The third kappa shape index (κ3) is 3.78. The first-order valence-electron chi connectivity index (χ1n) is 6.62. The van der Waals surface area contributed by atoms with Crippen LogP contribution in [0.4, 0.5) is 5.69 Å². The van der Waals surface area contributed by atoms with Crippen LogP contribution >= 0.6 is 22.9 Å². The van der Waals surface area contributed by atoms with Crippen molar-refractivity contribution in [3.8, 4) is 0 Å². The fraction of sp³-hybridized carbons (Fsp3) is 0.357. The largest absolute Gasteiger partial charge is 0.304 e. The van der Waals surface area contributed by atoms with Crippen molar-refractivity contribution >= 4 is 28.6 Å². The second-order valence-corrected chi connectivity index (χ2v) is 6.17. The SMILES string of the molecule is CCc1cnc(C(C)NCc2c(Cl)cccc2[N+](=O)[O-])s1. The lowest BCUT2D eigenvalue weighted by molar-refractivity contribution is -0.385. The van der Waals surface area contributed by atoms with Gasteiger partial charge >= 0.3 is 0 Å². The first-order valence-corrected chi connectivity index (χ1v) is 7.82. The third-order valence-electron chi connectivity index (χ3n) is 3.17. The molecule has 0 bridgehead atoms. The molecule has 1 unspecified atom stereocenters. The van der Waals surface area contributed by atoms with Crippen molar-refractivity contribution in [3.63, 3.8) is 0 Å². The quantitative estimate of drug-likeness (QED) is 0.640. The Morgan fingerprint density at radius 3 is 2.90 bits per heavy atom. The molecule has 2 rings (SSSR count). The summed E-state index contributed by atoms with van der Waals surface area (Å²) in [6.07, 6.45) is 2.83.